The van der Waals surface area contributed by atoms with Crippen molar-refractivity contribution in [3.63, 3.8) is 0 Å². The van der Waals surface area contributed by atoms with Gasteiger partial charge >= 0.3 is 5.97 Å². The lowest BCUT2D eigenvalue weighted by atomic mass is 10.2. The molecule has 0 bridgehead atoms. The number of nitrogens with one attached hydrogen (secondary N) is 3. The smallest absolute Gasteiger partial charge is 0.344 e. The summed E-state index contributed by atoms with van der Waals surface area (Å²) in [7, 11) is 6.03. The molecule has 236 valence electrons. The van der Waals surface area contributed by atoms with Crippen LogP contribution in [0.4, 0.5) is 17.3 Å². The average Bonchev–Trinajstić information content (AvgIpc) is 3.45. The highest BCUT2D eigenvalue weighted by Gasteiger charge is 2.16. The van der Waals surface area contributed by atoms with Gasteiger partial charge in [-0.15, -0.1) is 0 Å². The number of esters is 1. The molecule has 4 aromatic rings. The number of carbonyl (C=O) groups is 1. The number of nitrogens with zero attached hydrogens (tertiary/aromatic N) is 5. The molecule has 3 aromatic heterocycles. The molecule has 0 fully saturated rings. The zero-order valence-electron chi connectivity index (χ0n) is 26.1. The molecule has 0 aliphatic carbocycles. The quantitative estimate of drug-likeness (QED) is 0.104. The van der Waals surface area contributed by atoms with Crippen LogP contribution in [-0.2, 0) is 16.1 Å². The summed E-state index contributed by atoms with van der Waals surface area (Å²) in [5.74, 6) is 2.04. The summed E-state index contributed by atoms with van der Waals surface area (Å²) in [5.41, 5.74) is 2.58. The van der Waals surface area contributed by atoms with Crippen molar-refractivity contribution in [1.29, 1.82) is 0 Å². The molecule has 0 aliphatic heterocycles. The van der Waals surface area contributed by atoms with Gasteiger partial charge in [-0.05, 0) is 69.9 Å². The van der Waals surface area contributed by atoms with Crippen molar-refractivity contribution in [1.82, 2.24) is 30.2 Å². The number of aromatic nitrogens is 4. The van der Waals surface area contributed by atoms with Crippen molar-refractivity contribution in [2.24, 2.45) is 0 Å². The standard InChI is InChI=1S/C32H44N8O4/c1-5-6-17-43-29(41)22-44-27-19-25(11-12-26(27)42-18-16-40(4)28-10-7-8-14-34-28)38-32-30-24(20-35-31(30)36-23-37-32)21-39(3)15-9-13-33-2/h7-8,10-12,14,19-20,23,33H,5-6,9,13,15-18,21-22H2,1-4H3,(H2,35,36,37,38). The van der Waals surface area contributed by atoms with Crippen molar-refractivity contribution >= 4 is 34.3 Å². The monoisotopic (exact) mass is 604 g/mol. The van der Waals surface area contributed by atoms with E-state index in [0.717, 1.165) is 67.0 Å². The van der Waals surface area contributed by atoms with E-state index < -0.39 is 5.97 Å². The lowest BCUT2D eigenvalue weighted by Crippen LogP contribution is -2.24. The highest BCUT2D eigenvalue weighted by molar-refractivity contribution is 5.92. The lowest BCUT2D eigenvalue weighted by molar-refractivity contribution is -0.146. The maximum absolute atomic E-state index is 12.3. The summed E-state index contributed by atoms with van der Waals surface area (Å²) in [6.07, 6.45) is 8.08. The lowest BCUT2D eigenvalue weighted by Gasteiger charge is -2.19. The molecular formula is C32H44N8O4. The second kappa shape index (κ2) is 17.0. The Balaban J connectivity index is 1.50. The first-order valence-corrected chi connectivity index (χ1v) is 15.1. The van der Waals surface area contributed by atoms with Gasteiger partial charge in [-0.2, -0.15) is 0 Å². The predicted octanol–water partition coefficient (Wildman–Crippen LogP) is 4.38. The highest BCUT2D eigenvalue weighted by atomic mass is 16.6. The minimum atomic E-state index is -0.425. The van der Waals surface area contributed by atoms with Crippen LogP contribution in [-0.4, -0.2) is 91.4 Å². The number of unbranched alkanes of at least 4 members (excludes halogenated alkanes) is 1. The zero-order chi connectivity index (χ0) is 31.1. The van der Waals surface area contributed by atoms with Gasteiger partial charge in [-0.3, -0.25) is 0 Å². The summed E-state index contributed by atoms with van der Waals surface area (Å²) in [4.78, 5) is 33.2. The van der Waals surface area contributed by atoms with E-state index in [2.05, 4.69) is 42.5 Å². The van der Waals surface area contributed by atoms with Crippen LogP contribution in [0.1, 0.15) is 31.7 Å². The first-order valence-electron chi connectivity index (χ1n) is 15.1. The molecule has 0 atom stereocenters. The highest BCUT2D eigenvalue weighted by Crippen LogP contribution is 2.33. The second-order valence-electron chi connectivity index (χ2n) is 10.6. The van der Waals surface area contributed by atoms with Crippen LogP contribution < -0.4 is 25.0 Å². The van der Waals surface area contributed by atoms with E-state index in [4.69, 9.17) is 14.2 Å². The summed E-state index contributed by atoms with van der Waals surface area (Å²) >= 11 is 0. The van der Waals surface area contributed by atoms with Crippen LogP contribution in [0.5, 0.6) is 11.5 Å². The maximum atomic E-state index is 12.3. The van der Waals surface area contributed by atoms with Gasteiger partial charge < -0.3 is 39.6 Å². The van der Waals surface area contributed by atoms with Crippen molar-refractivity contribution in [2.75, 3.05) is 70.8 Å². The molecule has 0 saturated carbocycles. The number of fused-ring (bicyclic) bond motifs is 1. The van der Waals surface area contributed by atoms with Gasteiger partial charge in [-0.25, -0.2) is 19.7 Å². The normalized spacial score (nSPS) is 11.1. The fourth-order valence-electron chi connectivity index (χ4n) is 4.59. The van der Waals surface area contributed by atoms with E-state index in [1.807, 2.05) is 62.4 Å². The Morgan fingerprint density at radius 1 is 1.00 bits per heavy atom. The van der Waals surface area contributed by atoms with Crippen LogP contribution in [0.3, 0.4) is 0 Å². The molecule has 3 N–H and O–H groups in total. The Morgan fingerprint density at radius 2 is 1.89 bits per heavy atom. The Bertz CT molecular complexity index is 1450. The van der Waals surface area contributed by atoms with Crippen LogP contribution in [0, 0.1) is 0 Å². The van der Waals surface area contributed by atoms with Crippen molar-refractivity contribution in [3.05, 3.63) is 60.7 Å². The van der Waals surface area contributed by atoms with E-state index in [0.29, 0.717) is 37.1 Å². The number of rotatable bonds is 19. The molecule has 12 nitrogen and oxygen atoms in total. The molecule has 3 heterocycles. The van der Waals surface area contributed by atoms with Gasteiger partial charge in [-0.1, -0.05) is 19.4 Å². The third-order valence-electron chi connectivity index (χ3n) is 7.00. The minimum absolute atomic E-state index is 0.225. The number of anilines is 3. The molecule has 0 aliphatic rings. The fraction of sp³-hybridized carbons (Fsp3) is 0.438. The number of ether oxygens (including phenoxy) is 3. The Hall–Kier alpha value is -4.42. The van der Waals surface area contributed by atoms with Gasteiger partial charge in [0.2, 0.25) is 0 Å². The maximum Gasteiger partial charge on any atom is 0.344 e. The molecule has 0 radical (unpaired) electrons. The number of hydrogen-bond acceptors (Lipinski definition) is 11. The Morgan fingerprint density at radius 3 is 2.68 bits per heavy atom. The third-order valence-corrected chi connectivity index (χ3v) is 7.00. The summed E-state index contributed by atoms with van der Waals surface area (Å²) in [5, 5.41) is 7.54. The third kappa shape index (κ3) is 9.55. The molecule has 0 saturated heterocycles. The van der Waals surface area contributed by atoms with Crippen LogP contribution in [0.2, 0.25) is 0 Å². The summed E-state index contributed by atoms with van der Waals surface area (Å²) < 4.78 is 17.3. The number of H-pyrrole nitrogens is 1. The van der Waals surface area contributed by atoms with E-state index in [1.165, 1.54) is 6.33 Å². The van der Waals surface area contributed by atoms with Gasteiger partial charge in [0, 0.05) is 37.7 Å². The van der Waals surface area contributed by atoms with Crippen molar-refractivity contribution in [2.45, 2.75) is 32.7 Å². The van der Waals surface area contributed by atoms with Gasteiger partial charge in [0.05, 0.1) is 18.5 Å². The second-order valence-corrected chi connectivity index (χ2v) is 10.6. The largest absolute Gasteiger partial charge is 0.488 e. The van der Waals surface area contributed by atoms with E-state index in [1.54, 1.807) is 12.3 Å². The number of likely N-dealkylation sites (N-methyl/N-ethyl adjacent to an activating group) is 1. The number of aromatic amines is 1. The number of pyridine rings is 1. The summed E-state index contributed by atoms with van der Waals surface area (Å²) in [6, 6.07) is 11.3. The molecular weight excluding hydrogens is 560 g/mol. The SMILES string of the molecule is CCCCOC(=O)COc1cc(Nc2ncnc3[nH]cc(CN(C)CCCNC)c23)ccc1OCCN(C)c1ccccn1. The van der Waals surface area contributed by atoms with Crippen LogP contribution >= 0.6 is 0 Å². The van der Waals surface area contributed by atoms with E-state index in [-0.39, 0.29) is 6.61 Å². The summed E-state index contributed by atoms with van der Waals surface area (Å²) in [6.45, 7) is 5.86. The molecule has 1 aromatic carbocycles. The van der Waals surface area contributed by atoms with Crippen LogP contribution in [0.15, 0.2) is 55.1 Å². The molecule has 12 heteroatoms. The fourth-order valence-corrected chi connectivity index (χ4v) is 4.59. The first-order chi connectivity index (χ1) is 21.5. The minimum Gasteiger partial charge on any atom is -0.488 e. The number of benzene rings is 1. The topological polar surface area (TPSA) is 130 Å². The molecule has 4 rings (SSSR count). The Labute approximate surface area is 259 Å². The first kappa shape index (κ1) is 32.5. The predicted molar refractivity (Wildman–Crippen MR) is 173 cm³/mol. The number of carbonyl (C=O) groups excluding carboxylic acids is 1. The zero-order valence-corrected chi connectivity index (χ0v) is 26.1. The van der Waals surface area contributed by atoms with Gasteiger partial charge in [0.1, 0.15) is 30.2 Å². The molecule has 44 heavy (non-hydrogen) atoms. The number of hydrogen-bond donors (Lipinski definition) is 3. The molecule has 0 unspecified atom stereocenters. The van der Waals surface area contributed by atoms with Gasteiger partial charge in [0.25, 0.3) is 0 Å². The Kier molecular flexibility index (Phi) is 12.6. The van der Waals surface area contributed by atoms with E-state index >= 15 is 0 Å². The van der Waals surface area contributed by atoms with Gasteiger partial charge in [0.15, 0.2) is 18.1 Å². The van der Waals surface area contributed by atoms with Crippen molar-refractivity contribution in [3.8, 4) is 11.5 Å². The average molecular weight is 605 g/mol. The molecule has 0 spiro atoms. The molecule has 0 amide bonds. The van der Waals surface area contributed by atoms with E-state index in [9.17, 15) is 4.79 Å². The van der Waals surface area contributed by atoms with Crippen LogP contribution in [0.25, 0.3) is 11.0 Å². The van der Waals surface area contributed by atoms with Crippen molar-refractivity contribution < 1.29 is 19.0 Å².